The molecule has 0 radical (unpaired) electrons. The van der Waals surface area contributed by atoms with Gasteiger partial charge in [0.15, 0.2) is 11.5 Å². The molecule has 0 aliphatic heterocycles. The Morgan fingerprint density at radius 2 is 1.93 bits per heavy atom. The zero-order chi connectivity index (χ0) is 21.7. The summed E-state index contributed by atoms with van der Waals surface area (Å²) in [5.74, 6) is -0.545. The number of para-hydroxylation sites is 2. The van der Waals surface area contributed by atoms with Gasteiger partial charge in [0.2, 0.25) is 11.7 Å². The van der Waals surface area contributed by atoms with E-state index in [1.165, 1.54) is 19.2 Å². The van der Waals surface area contributed by atoms with Gasteiger partial charge in [-0.1, -0.05) is 25.1 Å². The summed E-state index contributed by atoms with van der Waals surface area (Å²) in [6.07, 6.45) is -3.81. The summed E-state index contributed by atoms with van der Waals surface area (Å²) in [6.45, 7) is 2.18. The molecule has 2 aromatic carbocycles. The Morgan fingerprint density at radius 1 is 1.17 bits per heavy atom. The fourth-order valence-electron chi connectivity index (χ4n) is 3.01. The third-order valence-electron chi connectivity index (χ3n) is 4.39. The van der Waals surface area contributed by atoms with Crippen molar-refractivity contribution in [1.29, 1.82) is 0 Å². The maximum absolute atomic E-state index is 13.4. The number of benzene rings is 2. The number of alkyl halides is 3. The van der Waals surface area contributed by atoms with E-state index in [1.807, 2.05) is 6.92 Å². The zero-order valence-electron chi connectivity index (χ0n) is 16.6. The average molecular weight is 421 g/mol. The average Bonchev–Trinajstić information content (AvgIpc) is 3.10. The molecule has 3 aromatic rings. The smallest absolute Gasteiger partial charge is 0.449 e. The van der Waals surface area contributed by atoms with E-state index < -0.39 is 24.5 Å². The van der Waals surface area contributed by atoms with Crippen LogP contribution in [-0.2, 0) is 24.1 Å². The van der Waals surface area contributed by atoms with Gasteiger partial charge in [-0.05, 0) is 36.2 Å². The van der Waals surface area contributed by atoms with Crippen molar-refractivity contribution in [2.75, 3.05) is 13.7 Å². The first-order valence-corrected chi connectivity index (χ1v) is 9.42. The van der Waals surface area contributed by atoms with E-state index in [2.05, 4.69) is 10.3 Å². The fourth-order valence-corrected chi connectivity index (χ4v) is 3.01. The van der Waals surface area contributed by atoms with Crippen molar-refractivity contribution < 1.29 is 27.4 Å². The summed E-state index contributed by atoms with van der Waals surface area (Å²) in [5.41, 5.74) is 1.17. The predicted octanol–water partition coefficient (Wildman–Crippen LogP) is 4.17. The van der Waals surface area contributed by atoms with Crippen molar-refractivity contribution in [3.05, 3.63) is 53.9 Å². The molecule has 0 saturated heterocycles. The SMILES string of the molecule is CCCOc1ccc(CNC(=O)Cn2c(C(F)(F)F)nc3ccccc32)cc1OC. The van der Waals surface area contributed by atoms with Crippen LogP contribution in [0.25, 0.3) is 11.0 Å². The van der Waals surface area contributed by atoms with Crippen LogP contribution in [0.15, 0.2) is 42.5 Å². The molecule has 3 rings (SSSR count). The fraction of sp³-hybridized carbons (Fsp3) is 0.333. The number of nitrogens with zero attached hydrogens (tertiary/aromatic N) is 2. The largest absolute Gasteiger partial charge is 0.493 e. The third kappa shape index (κ3) is 4.84. The highest BCUT2D eigenvalue weighted by atomic mass is 19.4. The van der Waals surface area contributed by atoms with Crippen LogP contribution in [0.4, 0.5) is 13.2 Å². The van der Waals surface area contributed by atoms with E-state index in [4.69, 9.17) is 9.47 Å². The lowest BCUT2D eigenvalue weighted by Gasteiger charge is -2.13. The van der Waals surface area contributed by atoms with E-state index in [1.54, 1.807) is 30.3 Å². The monoisotopic (exact) mass is 421 g/mol. The van der Waals surface area contributed by atoms with E-state index >= 15 is 0 Å². The van der Waals surface area contributed by atoms with Crippen LogP contribution < -0.4 is 14.8 Å². The summed E-state index contributed by atoms with van der Waals surface area (Å²) < 4.78 is 51.8. The first-order valence-electron chi connectivity index (χ1n) is 9.42. The van der Waals surface area contributed by atoms with Gasteiger partial charge in [0.25, 0.3) is 0 Å². The molecule has 1 amide bonds. The van der Waals surface area contributed by atoms with Crippen LogP contribution in [0.5, 0.6) is 11.5 Å². The first-order chi connectivity index (χ1) is 14.3. The molecule has 0 aliphatic carbocycles. The highest BCUT2D eigenvalue weighted by Crippen LogP contribution is 2.31. The van der Waals surface area contributed by atoms with Crippen molar-refractivity contribution in [1.82, 2.24) is 14.9 Å². The van der Waals surface area contributed by atoms with Crippen LogP contribution in [0, 0.1) is 0 Å². The molecule has 1 aromatic heterocycles. The zero-order valence-corrected chi connectivity index (χ0v) is 16.6. The maximum atomic E-state index is 13.4. The molecule has 1 N–H and O–H groups in total. The topological polar surface area (TPSA) is 65.4 Å². The number of amides is 1. The van der Waals surface area contributed by atoms with Crippen molar-refractivity contribution in [3.63, 3.8) is 0 Å². The summed E-state index contributed by atoms with van der Waals surface area (Å²) in [7, 11) is 1.51. The first kappa shape index (κ1) is 21.5. The molecule has 1 heterocycles. The number of aromatic nitrogens is 2. The number of imidazole rings is 1. The van der Waals surface area contributed by atoms with Crippen LogP contribution >= 0.6 is 0 Å². The third-order valence-corrected chi connectivity index (χ3v) is 4.39. The van der Waals surface area contributed by atoms with Crippen LogP contribution in [0.2, 0.25) is 0 Å². The maximum Gasteiger partial charge on any atom is 0.449 e. The number of carbonyl (C=O) groups is 1. The lowest BCUT2D eigenvalue weighted by molar-refractivity contribution is -0.147. The molecule has 30 heavy (non-hydrogen) atoms. The number of hydrogen-bond donors (Lipinski definition) is 1. The van der Waals surface area contributed by atoms with Gasteiger partial charge in [0.05, 0.1) is 24.8 Å². The lowest BCUT2D eigenvalue weighted by atomic mass is 10.2. The van der Waals surface area contributed by atoms with E-state index in [0.717, 1.165) is 16.6 Å². The number of methoxy groups -OCH3 is 1. The highest BCUT2D eigenvalue weighted by molar-refractivity contribution is 5.81. The van der Waals surface area contributed by atoms with Crippen LogP contribution in [0.1, 0.15) is 24.7 Å². The van der Waals surface area contributed by atoms with Gasteiger partial charge in [0.1, 0.15) is 6.54 Å². The Balaban J connectivity index is 1.72. The Morgan fingerprint density at radius 3 is 2.63 bits per heavy atom. The second kappa shape index (κ2) is 9.06. The number of hydrogen-bond acceptors (Lipinski definition) is 4. The number of fused-ring (bicyclic) bond motifs is 1. The number of ether oxygens (including phenoxy) is 2. The molecule has 0 saturated carbocycles. The Hall–Kier alpha value is -3.23. The van der Waals surface area contributed by atoms with E-state index in [-0.39, 0.29) is 17.6 Å². The van der Waals surface area contributed by atoms with Gasteiger partial charge in [0, 0.05) is 6.54 Å². The highest BCUT2D eigenvalue weighted by Gasteiger charge is 2.37. The molecule has 0 atom stereocenters. The predicted molar refractivity (Wildman–Crippen MR) is 105 cm³/mol. The summed E-state index contributed by atoms with van der Waals surface area (Å²) in [4.78, 5) is 16.0. The van der Waals surface area contributed by atoms with Crippen molar-refractivity contribution in [2.24, 2.45) is 0 Å². The van der Waals surface area contributed by atoms with Gasteiger partial charge in [-0.3, -0.25) is 4.79 Å². The molecule has 9 heteroatoms. The van der Waals surface area contributed by atoms with Gasteiger partial charge in [-0.25, -0.2) is 4.98 Å². The van der Waals surface area contributed by atoms with Crippen LogP contribution in [0.3, 0.4) is 0 Å². The van der Waals surface area contributed by atoms with Gasteiger partial charge >= 0.3 is 6.18 Å². The Labute approximate surface area is 171 Å². The van der Waals surface area contributed by atoms with Crippen molar-refractivity contribution in [2.45, 2.75) is 32.6 Å². The minimum absolute atomic E-state index is 0.136. The number of halogens is 3. The van der Waals surface area contributed by atoms with Crippen molar-refractivity contribution >= 4 is 16.9 Å². The molecular weight excluding hydrogens is 399 g/mol. The lowest BCUT2D eigenvalue weighted by Crippen LogP contribution is -2.29. The molecule has 6 nitrogen and oxygen atoms in total. The quantitative estimate of drug-likeness (QED) is 0.593. The molecule has 0 spiro atoms. The summed E-state index contributed by atoms with van der Waals surface area (Å²) in [5, 5.41) is 2.64. The number of carbonyl (C=O) groups excluding carboxylic acids is 1. The Bertz CT molecular complexity index is 1030. The summed E-state index contributed by atoms with van der Waals surface area (Å²) >= 11 is 0. The van der Waals surface area contributed by atoms with Gasteiger partial charge < -0.3 is 19.4 Å². The second-order valence-corrected chi connectivity index (χ2v) is 6.62. The minimum atomic E-state index is -4.67. The second-order valence-electron chi connectivity index (χ2n) is 6.62. The Kier molecular flexibility index (Phi) is 6.49. The standard InChI is InChI=1S/C21H22F3N3O3/c1-3-10-30-17-9-8-14(11-18(17)29-2)12-25-19(28)13-27-16-7-5-4-6-15(16)26-20(27)21(22,23)24/h4-9,11H,3,10,12-13H2,1-2H3,(H,25,28). The number of nitrogens with one attached hydrogen (secondary N) is 1. The van der Waals surface area contributed by atoms with E-state index in [9.17, 15) is 18.0 Å². The molecule has 160 valence electrons. The molecule has 0 fully saturated rings. The summed E-state index contributed by atoms with van der Waals surface area (Å²) in [6, 6.07) is 11.4. The molecule has 0 unspecified atom stereocenters. The normalized spacial score (nSPS) is 11.5. The molecule has 0 aliphatic rings. The van der Waals surface area contributed by atoms with Crippen molar-refractivity contribution in [3.8, 4) is 11.5 Å². The van der Waals surface area contributed by atoms with Gasteiger partial charge in [-0.2, -0.15) is 13.2 Å². The van der Waals surface area contributed by atoms with Gasteiger partial charge in [-0.15, -0.1) is 0 Å². The molecular formula is C21H22F3N3O3. The van der Waals surface area contributed by atoms with Crippen LogP contribution in [-0.4, -0.2) is 29.2 Å². The number of rotatable bonds is 8. The van der Waals surface area contributed by atoms with E-state index in [0.29, 0.717) is 18.1 Å². The molecule has 0 bridgehead atoms. The minimum Gasteiger partial charge on any atom is -0.493 e.